The lowest BCUT2D eigenvalue weighted by Gasteiger charge is -2.23. The molecule has 2 aromatic carbocycles. The number of benzene rings is 2. The summed E-state index contributed by atoms with van der Waals surface area (Å²) in [5, 5.41) is 2.67. The molecule has 3 rings (SSSR count). The van der Waals surface area contributed by atoms with E-state index in [9.17, 15) is 9.59 Å². The van der Waals surface area contributed by atoms with Gasteiger partial charge >= 0.3 is 0 Å². The maximum absolute atomic E-state index is 12.8. The third-order valence-electron chi connectivity index (χ3n) is 4.88. The number of nitrogens with zero attached hydrogens (tertiary/aromatic N) is 1. The second-order valence-electron chi connectivity index (χ2n) is 6.80. The van der Waals surface area contributed by atoms with E-state index < -0.39 is 6.04 Å². The SMILES string of the molecule is CNC(=O)C1CC(Oc2ccccc2)CN1C(=O)CCCc1ccccc1. The molecule has 0 aliphatic carbocycles. The van der Waals surface area contributed by atoms with Gasteiger partial charge in [-0.2, -0.15) is 0 Å². The zero-order valence-corrected chi connectivity index (χ0v) is 15.6. The van der Waals surface area contributed by atoms with Crippen LogP contribution in [0.25, 0.3) is 0 Å². The van der Waals surface area contributed by atoms with Gasteiger partial charge in [0.1, 0.15) is 17.9 Å². The van der Waals surface area contributed by atoms with Crippen LogP contribution in [0.5, 0.6) is 5.75 Å². The highest BCUT2D eigenvalue weighted by Crippen LogP contribution is 2.24. The normalized spacial score (nSPS) is 18.9. The smallest absolute Gasteiger partial charge is 0.242 e. The van der Waals surface area contributed by atoms with E-state index in [1.54, 1.807) is 11.9 Å². The molecule has 1 N–H and O–H groups in total. The lowest BCUT2D eigenvalue weighted by molar-refractivity contribution is -0.138. The second kappa shape index (κ2) is 9.21. The molecule has 0 bridgehead atoms. The highest BCUT2D eigenvalue weighted by Gasteiger charge is 2.40. The zero-order valence-electron chi connectivity index (χ0n) is 15.6. The number of likely N-dealkylation sites (N-methyl/N-ethyl adjacent to an activating group) is 1. The first-order chi connectivity index (χ1) is 13.2. The van der Waals surface area contributed by atoms with Crippen LogP contribution in [0.3, 0.4) is 0 Å². The van der Waals surface area contributed by atoms with Crippen molar-refractivity contribution in [1.29, 1.82) is 0 Å². The summed E-state index contributed by atoms with van der Waals surface area (Å²) in [6.45, 7) is 0.442. The number of ether oxygens (including phenoxy) is 1. The maximum atomic E-state index is 12.8. The number of aryl methyl sites for hydroxylation is 1. The Labute approximate surface area is 160 Å². The maximum Gasteiger partial charge on any atom is 0.242 e. The fraction of sp³-hybridized carbons (Fsp3) is 0.364. The highest BCUT2D eigenvalue weighted by molar-refractivity contribution is 5.88. The summed E-state index contributed by atoms with van der Waals surface area (Å²) in [5.74, 6) is 0.640. The number of hydrogen-bond donors (Lipinski definition) is 1. The van der Waals surface area contributed by atoms with E-state index in [4.69, 9.17) is 4.74 Å². The summed E-state index contributed by atoms with van der Waals surface area (Å²) in [6, 6.07) is 19.2. The minimum atomic E-state index is -0.465. The molecule has 2 atom stereocenters. The van der Waals surface area contributed by atoms with E-state index in [1.807, 2.05) is 48.5 Å². The Morgan fingerprint density at radius 3 is 2.41 bits per heavy atom. The second-order valence-corrected chi connectivity index (χ2v) is 6.80. The van der Waals surface area contributed by atoms with E-state index in [0.717, 1.165) is 18.6 Å². The molecule has 27 heavy (non-hydrogen) atoms. The molecule has 1 fully saturated rings. The van der Waals surface area contributed by atoms with Crippen LogP contribution in [-0.4, -0.2) is 42.5 Å². The predicted molar refractivity (Wildman–Crippen MR) is 104 cm³/mol. The minimum absolute atomic E-state index is 0.0127. The summed E-state index contributed by atoms with van der Waals surface area (Å²) >= 11 is 0. The van der Waals surface area contributed by atoms with Gasteiger partial charge in [-0.25, -0.2) is 0 Å². The Balaban J connectivity index is 1.58. The Hall–Kier alpha value is -2.82. The van der Waals surface area contributed by atoms with Gasteiger partial charge in [0.05, 0.1) is 6.54 Å². The van der Waals surface area contributed by atoms with Gasteiger partial charge in [-0.15, -0.1) is 0 Å². The lowest BCUT2D eigenvalue weighted by Crippen LogP contribution is -2.44. The molecule has 0 aromatic heterocycles. The van der Waals surface area contributed by atoms with Crippen molar-refractivity contribution < 1.29 is 14.3 Å². The van der Waals surface area contributed by atoms with Crippen LogP contribution >= 0.6 is 0 Å². The average Bonchev–Trinajstić information content (AvgIpc) is 3.13. The van der Waals surface area contributed by atoms with Gasteiger partial charge in [-0.05, 0) is 30.5 Å². The number of rotatable bonds is 7. The fourth-order valence-corrected chi connectivity index (χ4v) is 3.50. The molecule has 2 aromatic rings. The van der Waals surface area contributed by atoms with Crippen molar-refractivity contribution in [3.63, 3.8) is 0 Å². The third kappa shape index (κ3) is 5.09. The van der Waals surface area contributed by atoms with E-state index in [0.29, 0.717) is 19.4 Å². The van der Waals surface area contributed by atoms with Crippen LogP contribution in [0.15, 0.2) is 60.7 Å². The average molecular weight is 366 g/mol. The van der Waals surface area contributed by atoms with E-state index in [1.165, 1.54) is 5.56 Å². The topological polar surface area (TPSA) is 58.6 Å². The van der Waals surface area contributed by atoms with Crippen LogP contribution < -0.4 is 10.1 Å². The molecule has 1 aliphatic heterocycles. The largest absolute Gasteiger partial charge is 0.488 e. The van der Waals surface area contributed by atoms with Crippen molar-refractivity contribution in [1.82, 2.24) is 10.2 Å². The van der Waals surface area contributed by atoms with Crippen molar-refractivity contribution in [3.8, 4) is 5.75 Å². The summed E-state index contributed by atoms with van der Waals surface area (Å²) in [5.41, 5.74) is 1.22. The van der Waals surface area contributed by atoms with Gasteiger partial charge in [-0.3, -0.25) is 9.59 Å². The molecular weight excluding hydrogens is 340 g/mol. The van der Waals surface area contributed by atoms with Gasteiger partial charge in [0, 0.05) is 19.9 Å². The molecule has 0 saturated carbocycles. The predicted octanol–water partition coefficient (Wildman–Crippen LogP) is 2.80. The molecule has 2 unspecified atom stereocenters. The van der Waals surface area contributed by atoms with Crippen LogP contribution in [0.1, 0.15) is 24.8 Å². The standard InChI is InChI=1S/C22H26N2O3/c1-23-22(26)20-15-19(27-18-12-6-3-7-13-18)16-24(20)21(25)14-8-11-17-9-4-2-5-10-17/h2-7,9-10,12-13,19-20H,8,11,14-16H2,1H3,(H,23,26). The summed E-state index contributed by atoms with van der Waals surface area (Å²) in [7, 11) is 1.60. The van der Waals surface area contributed by atoms with Gasteiger partial charge in [0.15, 0.2) is 0 Å². The number of carbonyl (C=O) groups is 2. The Bertz CT molecular complexity index is 749. The summed E-state index contributed by atoms with van der Waals surface area (Å²) in [4.78, 5) is 26.7. The van der Waals surface area contributed by atoms with Gasteiger partial charge in [0.2, 0.25) is 11.8 Å². The van der Waals surface area contributed by atoms with Crippen molar-refractivity contribution in [2.75, 3.05) is 13.6 Å². The molecule has 2 amide bonds. The number of para-hydroxylation sites is 1. The molecule has 1 aliphatic rings. The van der Waals surface area contributed by atoms with Crippen LogP contribution in [-0.2, 0) is 16.0 Å². The quantitative estimate of drug-likeness (QED) is 0.820. The van der Waals surface area contributed by atoms with E-state index in [2.05, 4.69) is 17.4 Å². The van der Waals surface area contributed by atoms with Crippen molar-refractivity contribution in [3.05, 3.63) is 66.2 Å². The molecular formula is C22H26N2O3. The molecule has 5 heteroatoms. The number of nitrogens with one attached hydrogen (secondary N) is 1. The fourth-order valence-electron chi connectivity index (χ4n) is 3.50. The highest BCUT2D eigenvalue weighted by atomic mass is 16.5. The number of likely N-dealkylation sites (tertiary alicyclic amines) is 1. The monoisotopic (exact) mass is 366 g/mol. The van der Waals surface area contributed by atoms with Crippen molar-refractivity contribution in [2.45, 2.75) is 37.8 Å². The van der Waals surface area contributed by atoms with Crippen LogP contribution in [0.2, 0.25) is 0 Å². The van der Waals surface area contributed by atoms with Crippen LogP contribution in [0.4, 0.5) is 0 Å². The first-order valence-corrected chi connectivity index (χ1v) is 9.44. The van der Waals surface area contributed by atoms with Gasteiger partial charge in [-0.1, -0.05) is 48.5 Å². The third-order valence-corrected chi connectivity index (χ3v) is 4.88. The molecule has 1 saturated heterocycles. The molecule has 5 nitrogen and oxygen atoms in total. The van der Waals surface area contributed by atoms with E-state index >= 15 is 0 Å². The Morgan fingerprint density at radius 2 is 1.74 bits per heavy atom. The number of amides is 2. The molecule has 1 heterocycles. The Morgan fingerprint density at radius 1 is 1.07 bits per heavy atom. The van der Waals surface area contributed by atoms with Crippen molar-refractivity contribution >= 4 is 11.8 Å². The van der Waals surface area contributed by atoms with Gasteiger partial charge in [0.25, 0.3) is 0 Å². The van der Waals surface area contributed by atoms with Crippen molar-refractivity contribution in [2.24, 2.45) is 0 Å². The molecule has 0 radical (unpaired) electrons. The van der Waals surface area contributed by atoms with Gasteiger partial charge < -0.3 is 15.0 Å². The molecule has 142 valence electrons. The first kappa shape index (κ1) is 19.0. The van der Waals surface area contributed by atoms with E-state index in [-0.39, 0.29) is 17.9 Å². The zero-order chi connectivity index (χ0) is 19.1. The minimum Gasteiger partial charge on any atom is -0.488 e. The number of carbonyl (C=O) groups excluding carboxylic acids is 2. The molecule has 0 spiro atoms. The first-order valence-electron chi connectivity index (χ1n) is 9.44. The lowest BCUT2D eigenvalue weighted by atomic mass is 10.1. The number of hydrogen-bond acceptors (Lipinski definition) is 3. The summed E-state index contributed by atoms with van der Waals surface area (Å²) < 4.78 is 5.98. The Kier molecular flexibility index (Phi) is 6.47. The summed E-state index contributed by atoms with van der Waals surface area (Å²) in [6.07, 6.45) is 2.39. The van der Waals surface area contributed by atoms with Crippen LogP contribution in [0, 0.1) is 0 Å².